The minimum Gasteiger partial charge on any atom is -0.382 e. The standard InChI is InChI=1S/C32H32N6O10/c39-23-9-7-21(27(41)35-23)37-29(43)17-3-1-5-19(25(17)31(37)45)33-11-13-47-15-16-48-14-12-34-20-6-2-4-18-26(20)32(46)38(30(18)44)22-8-10-24(40)36-28(22)42/h1-6,21-22,33-34H,7-16H2,(H,35,39,41)(H,36,40,42). The third-order valence-corrected chi connectivity index (χ3v) is 8.43. The van der Waals surface area contributed by atoms with Crippen molar-refractivity contribution in [2.75, 3.05) is 50.2 Å². The molecule has 4 heterocycles. The molecule has 4 aliphatic heterocycles. The highest BCUT2D eigenvalue weighted by Gasteiger charge is 2.47. The lowest BCUT2D eigenvalue weighted by atomic mass is 10.0. The number of piperidine rings is 2. The van der Waals surface area contributed by atoms with Crippen molar-refractivity contribution < 1.29 is 47.8 Å². The van der Waals surface area contributed by atoms with Crippen LogP contribution in [0.15, 0.2) is 36.4 Å². The molecule has 0 aromatic heterocycles. The largest absolute Gasteiger partial charge is 0.382 e. The molecule has 2 unspecified atom stereocenters. The summed E-state index contributed by atoms with van der Waals surface area (Å²) in [5, 5.41) is 10.6. The monoisotopic (exact) mass is 660 g/mol. The fraction of sp³-hybridized carbons (Fsp3) is 0.375. The van der Waals surface area contributed by atoms with Gasteiger partial charge in [-0.25, -0.2) is 0 Å². The Balaban J connectivity index is 0.914. The van der Waals surface area contributed by atoms with Gasteiger partial charge in [-0.3, -0.25) is 58.8 Å². The van der Waals surface area contributed by atoms with Crippen LogP contribution >= 0.6 is 0 Å². The maximum Gasteiger partial charge on any atom is 0.264 e. The Labute approximate surface area is 273 Å². The smallest absolute Gasteiger partial charge is 0.264 e. The van der Waals surface area contributed by atoms with E-state index in [1.165, 1.54) is 12.1 Å². The van der Waals surface area contributed by atoms with Crippen LogP contribution in [0.5, 0.6) is 0 Å². The van der Waals surface area contributed by atoms with Crippen LogP contribution < -0.4 is 21.3 Å². The van der Waals surface area contributed by atoms with Gasteiger partial charge in [0.1, 0.15) is 12.1 Å². The Morgan fingerprint density at radius 2 is 1.00 bits per heavy atom. The molecule has 4 N–H and O–H groups in total. The van der Waals surface area contributed by atoms with Gasteiger partial charge in [-0.05, 0) is 37.1 Å². The van der Waals surface area contributed by atoms with Crippen LogP contribution in [0.2, 0.25) is 0 Å². The van der Waals surface area contributed by atoms with Crippen molar-refractivity contribution in [2.45, 2.75) is 37.8 Å². The number of nitrogens with one attached hydrogen (secondary N) is 4. The van der Waals surface area contributed by atoms with Gasteiger partial charge < -0.3 is 20.1 Å². The second-order valence-corrected chi connectivity index (χ2v) is 11.4. The first-order valence-electron chi connectivity index (χ1n) is 15.5. The number of imide groups is 4. The summed E-state index contributed by atoms with van der Waals surface area (Å²) in [6, 6.07) is 7.54. The number of carbonyl (C=O) groups is 8. The summed E-state index contributed by atoms with van der Waals surface area (Å²) in [7, 11) is 0. The number of rotatable bonds is 13. The quantitative estimate of drug-likeness (QED) is 0.166. The lowest BCUT2D eigenvalue weighted by Crippen LogP contribution is -2.54. The molecule has 48 heavy (non-hydrogen) atoms. The van der Waals surface area contributed by atoms with Gasteiger partial charge in [0.05, 0.1) is 48.7 Å². The number of amides is 8. The normalized spacial score (nSPS) is 20.6. The van der Waals surface area contributed by atoms with Crippen molar-refractivity contribution in [3.05, 3.63) is 58.7 Å². The second kappa shape index (κ2) is 13.7. The summed E-state index contributed by atoms with van der Waals surface area (Å²) >= 11 is 0. The van der Waals surface area contributed by atoms with E-state index < -0.39 is 59.3 Å². The number of nitrogens with zero attached hydrogens (tertiary/aromatic N) is 2. The van der Waals surface area contributed by atoms with Gasteiger partial charge in [0.25, 0.3) is 23.6 Å². The molecule has 16 nitrogen and oxygen atoms in total. The molecule has 250 valence electrons. The average Bonchev–Trinajstić information content (AvgIpc) is 3.47. The molecular formula is C32H32N6O10. The molecule has 2 aromatic rings. The van der Waals surface area contributed by atoms with Gasteiger partial charge in [0.15, 0.2) is 0 Å². The van der Waals surface area contributed by atoms with E-state index in [2.05, 4.69) is 21.3 Å². The summed E-state index contributed by atoms with van der Waals surface area (Å²) in [5.74, 6) is -4.58. The molecule has 0 spiro atoms. The third kappa shape index (κ3) is 6.14. The van der Waals surface area contributed by atoms with Gasteiger partial charge >= 0.3 is 0 Å². The summed E-state index contributed by atoms with van der Waals surface area (Å²) in [4.78, 5) is 102. The SMILES string of the molecule is O=C1CCC(N2C(=O)c3cccc(NCCOCCOCCNc4cccc5c4C(=O)N(C4CCC(=O)NC4=O)C5=O)c3C2=O)C(=O)N1. The van der Waals surface area contributed by atoms with Crippen molar-refractivity contribution in [2.24, 2.45) is 0 Å². The van der Waals surface area contributed by atoms with E-state index in [9.17, 15) is 38.4 Å². The Morgan fingerprint density at radius 1 is 0.583 bits per heavy atom. The molecule has 2 saturated heterocycles. The Morgan fingerprint density at radius 3 is 1.40 bits per heavy atom. The van der Waals surface area contributed by atoms with Crippen LogP contribution in [0.1, 0.15) is 67.1 Å². The summed E-state index contributed by atoms with van der Waals surface area (Å²) in [5.41, 5.74) is 1.56. The van der Waals surface area contributed by atoms with Crippen molar-refractivity contribution >= 4 is 58.6 Å². The molecule has 16 heteroatoms. The van der Waals surface area contributed by atoms with Gasteiger partial charge in [-0.1, -0.05) is 12.1 Å². The first-order chi connectivity index (χ1) is 23.2. The van der Waals surface area contributed by atoms with Gasteiger partial charge in [-0.15, -0.1) is 0 Å². The molecule has 2 fully saturated rings. The highest BCUT2D eigenvalue weighted by molar-refractivity contribution is 6.26. The minimum atomic E-state index is -1.04. The topological polar surface area (TPSA) is 210 Å². The van der Waals surface area contributed by atoms with Crippen molar-refractivity contribution in [1.29, 1.82) is 0 Å². The minimum absolute atomic E-state index is 0.0392. The summed E-state index contributed by atoms with van der Waals surface area (Å²) in [6.45, 7) is 1.70. The maximum absolute atomic E-state index is 13.2. The number of benzene rings is 2. The first-order valence-corrected chi connectivity index (χ1v) is 15.5. The third-order valence-electron chi connectivity index (χ3n) is 8.43. The number of hydrogen-bond donors (Lipinski definition) is 4. The van der Waals surface area contributed by atoms with E-state index in [4.69, 9.17) is 9.47 Å². The van der Waals surface area contributed by atoms with Crippen LogP contribution in [0.3, 0.4) is 0 Å². The molecule has 0 radical (unpaired) electrons. The van der Waals surface area contributed by atoms with E-state index in [0.29, 0.717) is 24.5 Å². The van der Waals surface area contributed by atoms with Crippen LogP contribution in [0, 0.1) is 0 Å². The highest BCUT2D eigenvalue weighted by Crippen LogP contribution is 2.33. The Hall–Kier alpha value is -5.48. The van der Waals surface area contributed by atoms with Gasteiger partial charge in [-0.2, -0.15) is 0 Å². The molecule has 2 aromatic carbocycles. The Kier molecular flexibility index (Phi) is 9.27. The van der Waals surface area contributed by atoms with E-state index in [1.807, 2.05) is 0 Å². The fourth-order valence-electron chi connectivity index (χ4n) is 6.16. The first kappa shape index (κ1) is 32.5. The predicted octanol–water partition coefficient (Wildman–Crippen LogP) is 0.0462. The maximum atomic E-state index is 13.2. The summed E-state index contributed by atoms with van der Waals surface area (Å²) < 4.78 is 11.2. The van der Waals surface area contributed by atoms with Crippen LogP contribution in [-0.2, 0) is 28.7 Å². The zero-order valence-electron chi connectivity index (χ0n) is 25.7. The molecule has 4 aliphatic rings. The lowest BCUT2D eigenvalue weighted by molar-refractivity contribution is -0.137. The highest BCUT2D eigenvalue weighted by atomic mass is 16.5. The van der Waals surface area contributed by atoms with Gasteiger partial charge in [0, 0.05) is 37.3 Å². The second-order valence-electron chi connectivity index (χ2n) is 11.4. The van der Waals surface area contributed by atoms with Crippen molar-refractivity contribution in [3.63, 3.8) is 0 Å². The number of hydrogen-bond acceptors (Lipinski definition) is 12. The number of ether oxygens (including phenoxy) is 2. The zero-order valence-corrected chi connectivity index (χ0v) is 25.7. The molecular weight excluding hydrogens is 628 g/mol. The van der Waals surface area contributed by atoms with Crippen LogP contribution in [-0.4, -0.2) is 109 Å². The fourth-order valence-corrected chi connectivity index (χ4v) is 6.16. The van der Waals surface area contributed by atoms with Gasteiger partial charge in [0.2, 0.25) is 23.6 Å². The average molecular weight is 661 g/mol. The number of fused-ring (bicyclic) bond motifs is 2. The van der Waals surface area contributed by atoms with Crippen LogP contribution in [0.4, 0.5) is 11.4 Å². The lowest BCUT2D eigenvalue weighted by Gasteiger charge is -2.27. The molecule has 0 saturated carbocycles. The van der Waals surface area contributed by atoms with E-state index in [0.717, 1.165) is 9.80 Å². The van der Waals surface area contributed by atoms with Crippen molar-refractivity contribution in [1.82, 2.24) is 20.4 Å². The number of anilines is 2. The molecule has 2 atom stereocenters. The van der Waals surface area contributed by atoms with E-state index in [-0.39, 0.29) is 74.4 Å². The molecule has 0 bridgehead atoms. The Bertz CT molecular complexity index is 1620. The summed E-state index contributed by atoms with van der Waals surface area (Å²) in [6.07, 6.45) is 0.227. The molecule has 8 amide bonds. The molecule has 0 aliphatic carbocycles. The van der Waals surface area contributed by atoms with E-state index >= 15 is 0 Å². The van der Waals surface area contributed by atoms with Crippen LogP contribution in [0.25, 0.3) is 0 Å². The predicted molar refractivity (Wildman–Crippen MR) is 165 cm³/mol. The number of carbonyl (C=O) groups excluding carboxylic acids is 8. The van der Waals surface area contributed by atoms with E-state index in [1.54, 1.807) is 24.3 Å². The zero-order chi connectivity index (χ0) is 33.9. The molecule has 6 rings (SSSR count). The van der Waals surface area contributed by atoms with Crippen molar-refractivity contribution in [3.8, 4) is 0 Å².